The number of hydrogen-bond donors (Lipinski definition) is 1. The number of Topliss-reactive ketones (excluding diaryl/α,β-unsaturated/α-hetero) is 1. The Kier molecular flexibility index (Phi) is 4.26. The molecule has 4 aromatic rings. The van der Waals surface area contributed by atoms with Gasteiger partial charge in [0, 0.05) is 28.2 Å². The van der Waals surface area contributed by atoms with Gasteiger partial charge < -0.3 is 4.98 Å². The van der Waals surface area contributed by atoms with Crippen molar-refractivity contribution in [2.24, 2.45) is 0 Å². The molecule has 0 radical (unpaired) electrons. The van der Waals surface area contributed by atoms with E-state index in [1.165, 1.54) is 10.4 Å². The Balaban J connectivity index is 1.61. The minimum atomic E-state index is -0.0763. The number of benzene rings is 2. The molecule has 0 saturated carbocycles. The minimum absolute atomic E-state index is 0.0146. The molecule has 0 spiro atoms. The van der Waals surface area contributed by atoms with Crippen molar-refractivity contribution < 1.29 is 4.79 Å². The van der Waals surface area contributed by atoms with Gasteiger partial charge in [-0.05, 0) is 29.3 Å². The maximum absolute atomic E-state index is 12.7. The van der Waals surface area contributed by atoms with Gasteiger partial charge in [0.15, 0.2) is 5.78 Å². The van der Waals surface area contributed by atoms with Crippen molar-refractivity contribution in [3.05, 3.63) is 64.8 Å². The van der Waals surface area contributed by atoms with Crippen molar-refractivity contribution in [3.8, 4) is 11.4 Å². The Morgan fingerprint density at radius 2 is 2.04 bits per heavy atom. The molecule has 0 aliphatic carbocycles. The molecule has 0 aliphatic rings. The Bertz CT molecular complexity index is 1100. The zero-order chi connectivity index (χ0) is 18.1. The van der Waals surface area contributed by atoms with Crippen molar-refractivity contribution in [3.63, 3.8) is 0 Å². The second-order valence-corrected chi connectivity index (χ2v) is 6.35. The monoisotopic (exact) mass is 365 g/mol. The van der Waals surface area contributed by atoms with Crippen LogP contribution in [0.3, 0.4) is 0 Å². The summed E-state index contributed by atoms with van der Waals surface area (Å²) in [5, 5.41) is 13.7. The van der Waals surface area contributed by atoms with Gasteiger partial charge in [0.25, 0.3) is 0 Å². The van der Waals surface area contributed by atoms with E-state index >= 15 is 0 Å². The average molecular weight is 366 g/mol. The fraction of sp³-hybridized carbons (Fsp3) is 0.158. The number of nitrogens with one attached hydrogen (secondary N) is 1. The highest BCUT2D eigenvalue weighted by molar-refractivity contribution is 6.33. The summed E-state index contributed by atoms with van der Waals surface area (Å²) >= 11 is 6.16. The molecule has 7 heteroatoms. The number of para-hydroxylation sites is 1. The lowest BCUT2D eigenvalue weighted by molar-refractivity contribution is 0.0963. The molecule has 1 N–H and O–H groups in total. The van der Waals surface area contributed by atoms with Crippen LogP contribution < -0.4 is 0 Å². The number of carbonyl (C=O) groups is 1. The van der Waals surface area contributed by atoms with Crippen molar-refractivity contribution >= 4 is 28.3 Å². The maximum atomic E-state index is 12.7. The van der Waals surface area contributed by atoms with E-state index in [9.17, 15) is 4.79 Å². The SMILES string of the molecule is CCc1cccc2c(C(=O)Cn3nnc(-c4ccccc4Cl)n3)c[nH]c12. The number of H-pyrrole nitrogens is 1. The summed E-state index contributed by atoms with van der Waals surface area (Å²) in [7, 11) is 0. The molecular weight excluding hydrogens is 350 g/mol. The average Bonchev–Trinajstić information content (AvgIpc) is 3.28. The summed E-state index contributed by atoms with van der Waals surface area (Å²) in [6.45, 7) is 2.10. The number of aryl methyl sites for hydroxylation is 1. The Labute approximate surface area is 154 Å². The van der Waals surface area contributed by atoms with Crippen LogP contribution in [-0.2, 0) is 13.0 Å². The normalized spacial score (nSPS) is 11.2. The van der Waals surface area contributed by atoms with Gasteiger partial charge in [0.2, 0.25) is 5.82 Å². The van der Waals surface area contributed by atoms with Crippen molar-refractivity contribution in [1.82, 2.24) is 25.2 Å². The summed E-state index contributed by atoms with van der Waals surface area (Å²) < 4.78 is 0. The van der Waals surface area contributed by atoms with Crippen molar-refractivity contribution in [2.75, 3.05) is 0 Å². The van der Waals surface area contributed by atoms with E-state index in [1.54, 1.807) is 12.3 Å². The fourth-order valence-corrected chi connectivity index (χ4v) is 3.24. The standard InChI is InChI=1S/C19H16ClN5O/c1-2-12-6-5-8-13-15(10-21-18(12)13)17(26)11-25-23-19(22-24-25)14-7-3-4-9-16(14)20/h3-10,21H,2,11H2,1H3. The fourth-order valence-electron chi connectivity index (χ4n) is 3.02. The van der Waals surface area contributed by atoms with E-state index in [1.807, 2.05) is 30.3 Å². The van der Waals surface area contributed by atoms with Crippen LogP contribution in [0.4, 0.5) is 0 Å². The maximum Gasteiger partial charge on any atom is 0.206 e. The van der Waals surface area contributed by atoms with Crippen molar-refractivity contribution in [2.45, 2.75) is 19.9 Å². The number of tetrazole rings is 1. The summed E-state index contributed by atoms with van der Waals surface area (Å²) in [5.41, 5.74) is 3.50. The minimum Gasteiger partial charge on any atom is -0.360 e. The van der Waals surface area contributed by atoms with Gasteiger partial charge >= 0.3 is 0 Å². The largest absolute Gasteiger partial charge is 0.360 e. The second kappa shape index (κ2) is 6.72. The van der Waals surface area contributed by atoms with Gasteiger partial charge in [-0.25, -0.2) is 0 Å². The van der Waals surface area contributed by atoms with E-state index in [4.69, 9.17) is 11.6 Å². The highest BCUT2D eigenvalue weighted by Gasteiger charge is 2.16. The smallest absolute Gasteiger partial charge is 0.206 e. The van der Waals surface area contributed by atoms with Gasteiger partial charge in [-0.2, -0.15) is 4.80 Å². The first-order valence-electron chi connectivity index (χ1n) is 8.32. The highest BCUT2D eigenvalue weighted by Crippen LogP contribution is 2.24. The number of carbonyl (C=O) groups excluding carboxylic acids is 1. The zero-order valence-corrected chi connectivity index (χ0v) is 14.9. The second-order valence-electron chi connectivity index (χ2n) is 5.94. The van der Waals surface area contributed by atoms with Gasteiger partial charge in [0.1, 0.15) is 6.54 Å². The van der Waals surface area contributed by atoms with Gasteiger partial charge in [-0.1, -0.05) is 48.9 Å². The molecule has 2 aromatic carbocycles. The van der Waals surface area contributed by atoms with Crippen molar-refractivity contribution in [1.29, 1.82) is 0 Å². The summed E-state index contributed by atoms with van der Waals surface area (Å²) in [4.78, 5) is 17.2. The van der Waals surface area contributed by atoms with Crippen LogP contribution in [0.15, 0.2) is 48.7 Å². The van der Waals surface area contributed by atoms with E-state index in [0.717, 1.165) is 17.3 Å². The Morgan fingerprint density at radius 3 is 2.85 bits per heavy atom. The van der Waals surface area contributed by atoms with Gasteiger partial charge in [-0.15, -0.1) is 10.2 Å². The van der Waals surface area contributed by atoms with E-state index in [0.29, 0.717) is 22.0 Å². The van der Waals surface area contributed by atoms with Crippen LogP contribution in [0, 0.1) is 0 Å². The van der Waals surface area contributed by atoms with E-state index in [-0.39, 0.29) is 12.3 Å². The number of halogens is 1. The first-order chi connectivity index (χ1) is 12.7. The van der Waals surface area contributed by atoms with Gasteiger partial charge in [0.05, 0.1) is 5.02 Å². The molecule has 0 amide bonds. The first kappa shape index (κ1) is 16.5. The quantitative estimate of drug-likeness (QED) is 0.544. The molecule has 6 nitrogen and oxygen atoms in total. The highest BCUT2D eigenvalue weighted by atomic mass is 35.5. The number of ketones is 1. The van der Waals surface area contributed by atoms with Crippen LogP contribution in [0.25, 0.3) is 22.3 Å². The summed E-state index contributed by atoms with van der Waals surface area (Å²) in [6, 6.07) is 13.2. The molecule has 2 aromatic heterocycles. The van der Waals surface area contributed by atoms with Gasteiger partial charge in [-0.3, -0.25) is 4.79 Å². The number of nitrogens with zero attached hydrogens (tertiary/aromatic N) is 4. The zero-order valence-electron chi connectivity index (χ0n) is 14.1. The van der Waals surface area contributed by atoms with Crippen LogP contribution in [0.5, 0.6) is 0 Å². The van der Waals surface area contributed by atoms with Crippen LogP contribution in [0.1, 0.15) is 22.8 Å². The van der Waals surface area contributed by atoms with Crippen LogP contribution in [-0.4, -0.2) is 31.0 Å². The molecule has 0 atom stereocenters. The Morgan fingerprint density at radius 1 is 1.19 bits per heavy atom. The van der Waals surface area contributed by atoms with E-state index in [2.05, 4.69) is 33.4 Å². The first-order valence-corrected chi connectivity index (χ1v) is 8.70. The summed E-state index contributed by atoms with van der Waals surface area (Å²) in [5.74, 6) is 0.322. The lowest BCUT2D eigenvalue weighted by Crippen LogP contribution is -2.13. The Hall–Kier alpha value is -2.99. The molecule has 2 heterocycles. The number of rotatable bonds is 5. The molecule has 0 aliphatic heterocycles. The third kappa shape index (κ3) is 2.88. The topological polar surface area (TPSA) is 76.5 Å². The molecule has 0 unspecified atom stereocenters. The molecule has 0 fully saturated rings. The number of aromatic nitrogens is 5. The third-order valence-corrected chi connectivity index (χ3v) is 4.67. The number of fused-ring (bicyclic) bond motifs is 1. The van der Waals surface area contributed by atoms with Crippen LogP contribution >= 0.6 is 11.6 Å². The molecule has 0 saturated heterocycles. The molecular formula is C19H16ClN5O. The number of aromatic amines is 1. The molecule has 26 heavy (non-hydrogen) atoms. The number of hydrogen-bond acceptors (Lipinski definition) is 4. The van der Waals surface area contributed by atoms with E-state index < -0.39 is 0 Å². The predicted molar refractivity (Wildman–Crippen MR) is 100 cm³/mol. The lowest BCUT2D eigenvalue weighted by Gasteiger charge is -2.01. The molecule has 0 bridgehead atoms. The summed E-state index contributed by atoms with van der Waals surface area (Å²) in [6.07, 6.45) is 2.65. The molecule has 130 valence electrons. The van der Waals surface area contributed by atoms with Crippen LogP contribution in [0.2, 0.25) is 5.02 Å². The lowest BCUT2D eigenvalue weighted by atomic mass is 10.1. The predicted octanol–water partition coefficient (Wildman–Crippen LogP) is 3.92. The third-order valence-electron chi connectivity index (χ3n) is 4.34. The molecule has 4 rings (SSSR count).